The molecule has 1 atom stereocenters. The molecule has 1 heterocycles. The van der Waals surface area contributed by atoms with Crippen LogP contribution in [0.1, 0.15) is 40.3 Å². The maximum atomic E-state index is 12.8. The molecule has 1 aromatic carbocycles. The van der Waals surface area contributed by atoms with Crippen LogP contribution in [0.5, 0.6) is 0 Å². The highest BCUT2D eigenvalue weighted by atomic mass is 32.2. The van der Waals surface area contributed by atoms with E-state index < -0.39 is 10.0 Å². The van der Waals surface area contributed by atoms with Gasteiger partial charge in [0.05, 0.1) is 17.9 Å². The van der Waals surface area contributed by atoms with Gasteiger partial charge >= 0.3 is 0 Å². The molecule has 1 N–H and O–H groups in total. The highest BCUT2D eigenvalue weighted by molar-refractivity contribution is 7.88. The van der Waals surface area contributed by atoms with Crippen molar-refractivity contribution in [2.45, 2.75) is 26.8 Å². The van der Waals surface area contributed by atoms with E-state index in [9.17, 15) is 13.2 Å². The summed E-state index contributed by atoms with van der Waals surface area (Å²) >= 11 is 0. The summed E-state index contributed by atoms with van der Waals surface area (Å²) in [6, 6.07) is 12.2. The Balaban J connectivity index is 2.19. The predicted octanol–water partition coefficient (Wildman–Crippen LogP) is 2.34. The minimum absolute atomic E-state index is 0.111. The van der Waals surface area contributed by atoms with Gasteiger partial charge in [-0.3, -0.25) is 4.79 Å². The molecule has 2 rings (SSSR count). The van der Waals surface area contributed by atoms with Gasteiger partial charge in [-0.15, -0.1) is 0 Å². The third kappa shape index (κ3) is 4.74. The van der Waals surface area contributed by atoms with Crippen molar-refractivity contribution in [3.05, 3.63) is 58.9 Å². The Morgan fingerprint density at radius 2 is 1.85 bits per heavy atom. The maximum absolute atomic E-state index is 12.8. The molecule has 6 nitrogen and oxygen atoms in total. The first-order valence-electron chi connectivity index (χ1n) is 8.55. The van der Waals surface area contributed by atoms with Crippen molar-refractivity contribution in [3.8, 4) is 0 Å². The van der Waals surface area contributed by atoms with Crippen LogP contribution >= 0.6 is 0 Å². The first kappa shape index (κ1) is 20.2. The number of carbonyl (C=O) groups is 1. The lowest BCUT2D eigenvalue weighted by molar-refractivity contribution is 0.0797. The van der Waals surface area contributed by atoms with E-state index >= 15 is 0 Å². The van der Waals surface area contributed by atoms with Crippen molar-refractivity contribution in [1.82, 2.24) is 14.2 Å². The van der Waals surface area contributed by atoms with E-state index in [2.05, 4.69) is 28.3 Å². The zero-order valence-electron chi connectivity index (χ0n) is 16.0. The largest absolute Gasteiger partial charge is 0.341 e. The molecule has 0 fully saturated rings. The fraction of sp³-hybridized carbons (Fsp3) is 0.421. The predicted molar refractivity (Wildman–Crippen MR) is 104 cm³/mol. The summed E-state index contributed by atoms with van der Waals surface area (Å²) in [6.07, 6.45) is 1.10. The van der Waals surface area contributed by atoms with Gasteiger partial charge in [0.15, 0.2) is 0 Å². The Bertz CT molecular complexity index is 873. The van der Waals surface area contributed by atoms with Crippen molar-refractivity contribution in [2.75, 3.05) is 26.4 Å². The number of nitrogens with zero attached hydrogens (tertiary/aromatic N) is 2. The molecule has 2 aromatic rings. The second kappa shape index (κ2) is 8.05. The van der Waals surface area contributed by atoms with Crippen LogP contribution in [-0.2, 0) is 10.0 Å². The Labute approximate surface area is 155 Å². The van der Waals surface area contributed by atoms with Crippen molar-refractivity contribution in [1.29, 1.82) is 0 Å². The number of rotatable bonds is 7. The molecular formula is C19H27N3O3S. The van der Waals surface area contributed by atoms with Crippen LogP contribution in [0.2, 0.25) is 0 Å². The van der Waals surface area contributed by atoms with Crippen molar-refractivity contribution < 1.29 is 13.2 Å². The number of benzene rings is 1. The normalized spacial score (nSPS) is 12.8. The van der Waals surface area contributed by atoms with Gasteiger partial charge in [-0.1, -0.05) is 30.3 Å². The Hall–Kier alpha value is -2.12. The molecule has 0 aliphatic heterocycles. The maximum Gasteiger partial charge on any atom is 0.255 e. The molecule has 1 unspecified atom stereocenters. The molecule has 0 bridgehead atoms. The molecule has 0 spiro atoms. The molecular weight excluding hydrogens is 350 g/mol. The van der Waals surface area contributed by atoms with Crippen molar-refractivity contribution in [3.63, 3.8) is 0 Å². The van der Waals surface area contributed by atoms with Gasteiger partial charge in [0.1, 0.15) is 0 Å². The second-order valence-electron chi connectivity index (χ2n) is 6.63. The van der Waals surface area contributed by atoms with Crippen LogP contribution in [0.3, 0.4) is 0 Å². The van der Waals surface area contributed by atoms with Gasteiger partial charge in [0, 0.05) is 31.5 Å². The number of hydrogen-bond acceptors (Lipinski definition) is 3. The van der Waals surface area contributed by atoms with E-state index in [-0.39, 0.29) is 18.5 Å². The molecule has 0 saturated carbocycles. The summed E-state index contributed by atoms with van der Waals surface area (Å²) in [5, 5.41) is 0. The van der Waals surface area contributed by atoms with Gasteiger partial charge in [0.2, 0.25) is 10.0 Å². The summed E-state index contributed by atoms with van der Waals surface area (Å²) in [6.45, 7) is 6.56. The van der Waals surface area contributed by atoms with Crippen molar-refractivity contribution in [2.24, 2.45) is 0 Å². The molecule has 26 heavy (non-hydrogen) atoms. The zero-order valence-corrected chi connectivity index (χ0v) is 16.8. The summed E-state index contributed by atoms with van der Waals surface area (Å²) in [5.74, 6) is -0.111. The lowest BCUT2D eigenvalue weighted by atomic mass is 10.1. The molecule has 7 heteroatoms. The smallest absolute Gasteiger partial charge is 0.255 e. The average molecular weight is 378 g/mol. The minimum atomic E-state index is -3.25. The second-order valence-corrected chi connectivity index (χ2v) is 8.47. The van der Waals surface area contributed by atoms with Crippen LogP contribution in [0.15, 0.2) is 36.4 Å². The fourth-order valence-electron chi connectivity index (χ4n) is 3.18. The molecule has 0 radical (unpaired) electrons. The topological polar surface area (TPSA) is 71.4 Å². The van der Waals surface area contributed by atoms with Gasteiger partial charge in [-0.25, -0.2) is 13.1 Å². The number of amides is 1. The third-order valence-electron chi connectivity index (χ3n) is 4.54. The minimum Gasteiger partial charge on any atom is -0.341 e. The number of sulfonamides is 1. The van der Waals surface area contributed by atoms with Gasteiger partial charge in [0.25, 0.3) is 5.91 Å². The van der Waals surface area contributed by atoms with Gasteiger partial charge in [-0.05, 0) is 32.4 Å². The number of likely N-dealkylation sites (N-methyl/N-ethyl adjacent to an activating group) is 1. The molecule has 0 aliphatic carbocycles. The summed E-state index contributed by atoms with van der Waals surface area (Å²) in [5.41, 5.74) is 3.75. The van der Waals surface area contributed by atoms with Gasteiger partial charge < -0.3 is 9.47 Å². The van der Waals surface area contributed by atoms with E-state index in [1.54, 1.807) is 7.05 Å². The molecule has 1 amide bonds. The van der Waals surface area contributed by atoms with E-state index in [1.807, 2.05) is 38.1 Å². The van der Waals surface area contributed by atoms with E-state index in [0.717, 1.165) is 17.6 Å². The first-order valence-corrected chi connectivity index (χ1v) is 10.4. The quantitative estimate of drug-likeness (QED) is 0.805. The molecule has 1 aromatic heterocycles. The SMILES string of the molecule is Cc1cc(C(=O)N(C)CCNS(C)(=O)=O)c(C)n1C(C)c1ccccc1. The molecule has 142 valence electrons. The van der Waals surface area contributed by atoms with E-state index in [0.29, 0.717) is 12.1 Å². The van der Waals surface area contributed by atoms with E-state index in [1.165, 1.54) is 10.5 Å². The Kier molecular flexibility index (Phi) is 6.26. The van der Waals surface area contributed by atoms with Crippen LogP contribution in [-0.4, -0.2) is 50.2 Å². The first-order chi connectivity index (χ1) is 12.1. The zero-order chi connectivity index (χ0) is 19.5. The van der Waals surface area contributed by atoms with Gasteiger partial charge in [-0.2, -0.15) is 0 Å². The number of hydrogen-bond donors (Lipinski definition) is 1. The summed E-state index contributed by atoms with van der Waals surface area (Å²) < 4.78 is 26.9. The highest BCUT2D eigenvalue weighted by Gasteiger charge is 2.21. The monoisotopic (exact) mass is 377 g/mol. The molecule has 0 aliphatic rings. The number of aryl methyl sites for hydroxylation is 1. The fourth-order valence-corrected chi connectivity index (χ4v) is 3.64. The lowest BCUT2D eigenvalue weighted by Crippen LogP contribution is -2.35. The average Bonchev–Trinajstić information content (AvgIpc) is 2.87. The summed E-state index contributed by atoms with van der Waals surface area (Å²) in [4.78, 5) is 14.3. The van der Waals surface area contributed by atoms with Crippen molar-refractivity contribution >= 4 is 15.9 Å². The highest BCUT2D eigenvalue weighted by Crippen LogP contribution is 2.26. The molecule has 0 saturated heterocycles. The standard InChI is InChI=1S/C19H27N3O3S/c1-14-13-18(19(23)21(4)12-11-20-26(5,24)25)16(3)22(14)15(2)17-9-7-6-8-10-17/h6-10,13,15,20H,11-12H2,1-5H3. The Morgan fingerprint density at radius 3 is 2.42 bits per heavy atom. The van der Waals surface area contributed by atoms with Crippen LogP contribution in [0.4, 0.5) is 0 Å². The third-order valence-corrected chi connectivity index (χ3v) is 5.27. The van der Waals surface area contributed by atoms with Crippen LogP contribution in [0.25, 0.3) is 0 Å². The number of aromatic nitrogens is 1. The summed E-state index contributed by atoms with van der Waals surface area (Å²) in [7, 11) is -1.58. The number of nitrogens with one attached hydrogen (secondary N) is 1. The number of carbonyl (C=O) groups excluding carboxylic acids is 1. The Morgan fingerprint density at radius 1 is 1.23 bits per heavy atom. The van der Waals surface area contributed by atoms with Crippen LogP contribution < -0.4 is 4.72 Å². The lowest BCUT2D eigenvalue weighted by Gasteiger charge is -2.20. The van der Waals surface area contributed by atoms with E-state index in [4.69, 9.17) is 0 Å². The van der Waals surface area contributed by atoms with Crippen LogP contribution in [0, 0.1) is 13.8 Å².